The fourth-order valence-electron chi connectivity index (χ4n) is 4.01. The third kappa shape index (κ3) is 2.58. The standard InChI is InChI=1S/C18H25N/c1-2-6-16-13(4-1)5-3-7-18(16)19-12-17(14-8-9-14)15-10-11-15/h1-2,4,6,14-15,17-19H,3,5,7-12H2. The van der Waals surface area contributed by atoms with Gasteiger partial charge in [0.15, 0.2) is 0 Å². The van der Waals surface area contributed by atoms with Gasteiger partial charge < -0.3 is 5.32 Å². The fraction of sp³-hybridized carbons (Fsp3) is 0.667. The topological polar surface area (TPSA) is 12.0 Å². The molecule has 0 saturated heterocycles. The average Bonchev–Trinajstić information content (AvgIpc) is 3.33. The Morgan fingerprint density at radius 1 is 1.00 bits per heavy atom. The van der Waals surface area contributed by atoms with Gasteiger partial charge in [-0.3, -0.25) is 0 Å². The van der Waals surface area contributed by atoms with E-state index in [1.165, 1.54) is 51.5 Å². The number of aryl methyl sites for hydroxylation is 1. The summed E-state index contributed by atoms with van der Waals surface area (Å²) in [5.41, 5.74) is 3.17. The number of fused-ring (bicyclic) bond motifs is 1. The Kier molecular flexibility index (Phi) is 3.11. The van der Waals surface area contributed by atoms with Crippen LogP contribution in [0.4, 0.5) is 0 Å². The zero-order valence-electron chi connectivity index (χ0n) is 11.8. The van der Waals surface area contributed by atoms with E-state index in [4.69, 9.17) is 0 Å². The largest absolute Gasteiger partial charge is 0.310 e. The Bertz CT molecular complexity index is 433. The molecule has 2 fully saturated rings. The Morgan fingerprint density at radius 2 is 1.74 bits per heavy atom. The molecular weight excluding hydrogens is 230 g/mol. The molecule has 0 heterocycles. The summed E-state index contributed by atoms with van der Waals surface area (Å²) in [5, 5.41) is 3.92. The number of benzene rings is 1. The number of nitrogens with one attached hydrogen (secondary N) is 1. The van der Waals surface area contributed by atoms with Gasteiger partial charge in [0.05, 0.1) is 0 Å². The molecule has 1 aromatic rings. The quantitative estimate of drug-likeness (QED) is 0.835. The number of hydrogen-bond donors (Lipinski definition) is 1. The van der Waals surface area contributed by atoms with E-state index >= 15 is 0 Å². The summed E-state index contributed by atoms with van der Waals surface area (Å²) in [6.45, 7) is 1.27. The molecule has 1 heteroatoms. The summed E-state index contributed by atoms with van der Waals surface area (Å²) in [7, 11) is 0. The van der Waals surface area contributed by atoms with E-state index in [0.717, 1.165) is 17.8 Å². The molecule has 0 aliphatic heterocycles. The first-order valence-corrected chi connectivity index (χ1v) is 8.23. The molecule has 1 atom stereocenters. The summed E-state index contributed by atoms with van der Waals surface area (Å²) in [5.74, 6) is 3.13. The number of rotatable bonds is 5. The van der Waals surface area contributed by atoms with Crippen LogP contribution in [-0.2, 0) is 6.42 Å². The molecule has 1 aromatic carbocycles. The molecule has 19 heavy (non-hydrogen) atoms. The highest BCUT2D eigenvalue weighted by Crippen LogP contribution is 2.49. The maximum Gasteiger partial charge on any atom is 0.0323 e. The third-order valence-electron chi connectivity index (χ3n) is 5.42. The normalized spacial score (nSPS) is 26.5. The van der Waals surface area contributed by atoms with Gasteiger partial charge in [0.1, 0.15) is 0 Å². The van der Waals surface area contributed by atoms with Gasteiger partial charge >= 0.3 is 0 Å². The molecule has 4 rings (SSSR count). The van der Waals surface area contributed by atoms with E-state index in [1.54, 1.807) is 11.1 Å². The molecule has 2 saturated carbocycles. The van der Waals surface area contributed by atoms with Gasteiger partial charge in [0, 0.05) is 6.04 Å². The van der Waals surface area contributed by atoms with Crippen LogP contribution in [-0.4, -0.2) is 6.54 Å². The van der Waals surface area contributed by atoms with Crippen LogP contribution in [0.5, 0.6) is 0 Å². The van der Waals surface area contributed by atoms with Crippen LogP contribution in [0.25, 0.3) is 0 Å². The van der Waals surface area contributed by atoms with Crippen molar-refractivity contribution in [1.82, 2.24) is 5.32 Å². The van der Waals surface area contributed by atoms with Crippen LogP contribution in [0.15, 0.2) is 24.3 Å². The van der Waals surface area contributed by atoms with Crippen LogP contribution in [0.2, 0.25) is 0 Å². The molecule has 1 unspecified atom stereocenters. The van der Waals surface area contributed by atoms with Gasteiger partial charge in [-0.2, -0.15) is 0 Å². The van der Waals surface area contributed by atoms with E-state index in [2.05, 4.69) is 29.6 Å². The van der Waals surface area contributed by atoms with Crippen molar-refractivity contribution in [3.05, 3.63) is 35.4 Å². The Morgan fingerprint density at radius 3 is 2.47 bits per heavy atom. The minimum atomic E-state index is 0.630. The van der Waals surface area contributed by atoms with Crippen LogP contribution in [0.3, 0.4) is 0 Å². The first-order valence-electron chi connectivity index (χ1n) is 8.23. The Balaban J connectivity index is 1.42. The second kappa shape index (κ2) is 4.94. The summed E-state index contributed by atoms with van der Waals surface area (Å²) < 4.78 is 0. The van der Waals surface area contributed by atoms with Gasteiger partial charge in [-0.05, 0) is 80.4 Å². The molecule has 0 radical (unpaired) electrons. The summed E-state index contributed by atoms with van der Waals surface area (Å²) in [6, 6.07) is 9.69. The van der Waals surface area contributed by atoms with Crippen molar-refractivity contribution in [1.29, 1.82) is 0 Å². The SMILES string of the molecule is c1ccc2c(c1)CCCC2NCC(C1CC1)C1CC1. The van der Waals surface area contributed by atoms with E-state index in [1.807, 2.05) is 0 Å². The summed E-state index contributed by atoms with van der Waals surface area (Å²) in [6.07, 6.45) is 9.98. The van der Waals surface area contributed by atoms with Gasteiger partial charge in [-0.25, -0.2) is 0 Å². The van der Waals surface area contributed by atoms with Crippen molar-refractivity contribution in [2.24, 2.45) is 17.8 Å². The highest BCUT2D eigenvalue weighted by molar-refractivity contribution is 5.32. The van der Waals surface area contributed by atoms with Crippen molar-refractivity contribution < 1.29 is 0 Å². The van der Waals surface area contributed by atoms with Crippen molar-refractivity contribution in [3.8, 4) is 0 Å². The summed E-state index contributed by atoms with van der Waals surface area (Å²) in [4.78, 5) is 0. The third-order valence-corrected chi connectivity index (χ3v) is 5.42. The van der Waals surface area contributed by atoms with E-state index in [9.17, 15) is 0 Å². The molecule has 1 N–H and O–H groups in total. The van der Waals surface area contributed by atoms with E-state index < -0.39 is 0 Å². The van der Waals surface area contributed by atoms with Gasteiger partial charge in [0.25, 0.3) is 0 Å². The lowest BCUT2D eigenvalue weighted by atomic mass is 9.87. The van der Waals surface area contributed by atoms with E-state index in [-0.39, 0.29) is 0 Å². The molecule has 0 bridgehead atoms. The van der Waals surface area contributed by atoms with Crippen LogP contribution in [0.1, 0.15) is 55.7 Å². The Labute approximate surface area is 116 Å². The lowest BCUT2D eigenvalue weighted by molar-refractivity contribution is 0.342. The molecule has 0 amide bonds. The molecule has 1 nitrogen and oxygen atoms in total. The first-order chi connectivity index (χ1) is 9.42. The molecule has 0 aromatic heterocycles. The van der Waals surface area contributed by atoms with Gasteiger partial charge in [-0.15, -0.1) is 0 Å². The van der Waals surface area contributed by atoms with Crippen LogP contribution >= 0.6 is 0 Å². The molecular formula is C18H25N. The van der Waals surface area contributed by atoms with Gasteiger partial charge in [-0.1, -0.05) is 24.3 Å². The predicted octanol–water partition coefficient (Wildman–Crippen LogP) is 4.09. The van der Waals surface area contributed by atoms with Gasteiger partial charge in [0.2, 0.25) is 0 Å². The maximum absolute atomic E-state index is 3.92. The lowest BCUT2D eigenvalue weighted by Gasteiger charge is -2.28. The smallest absolute Gasteiger partial charge is 0.0323 e. The summed E-state index contributed by atoms with van der Waals surface area (Å²) >= 11 is 0. The maximum atomic E-state index is 3.92. The average molecular weight is 255 g/mol. The Hall–Kier alpha value is -0.820. The minimum absolute atomic E-state index is 0.630. The second-order valence-electron chi connectivity index (χ2n) is 6.89. The zero-order valence-corrected chi connectivity index (χ0v) is 11.8. The van der Waals surface area contributed by atoms with Crippen molar-refractivity contribution in [3.63, 3.8) is 0 Å². The number of hydrogen-bond acceptors (Lipinski definition) is 1. The second-order valence-corrected chi connectivity index (χ2v) is 6.89. The van der Waals surface area contributed by atoms with Crippen molar-refractivity contribution >= 4 is 0 Å². The minimum Gasteiger partial charge on any atom is -0.310 e. The molecule has 102 valence electrons. The van der Waals surface area contributed by atoms with Crippen LogP contribution in [0, 0.1) is 17.8 Å². The van der Waals surface area contributed by atoms with E-state index in [0.29, 0.717) is 6.04 Å². The molecule has 0 spiro atoms. The lowest BCUT2D eigenvalue weighted by Crippen LogP contribution is -2.31. The zero-order chi connectivity index (χ0) is 12.7. The highest BCUT2D eigenvalue weighted by atomic mass is 14.9. The molecule has 3 aliphatic carbocycles. The van der Waals surface area contributed by atoms with Crippen molar-refractivity contribution in [2.75, 3.05) is 6.54 Å². The highest BCUT2D eigenvalue weighted by Gasteiger charge is 2.41. The fourth-order valence-corrected chi connectivity index (χ4v) is 4.01. The van der Waals surface area contributed by atoms with Crippen LogP contribution < -0.4 is 5.32 Å². The van der Waals surface area contributed by atoms with Crippen molar-refractivity contribution in [2.45, 2.75) is 51.0 Å². The monoisotopic (exact) mass is 255 g/mol. The first kappa shape index (κ1) is 12.0. The predicted molar refractivity (Wildman–Crippen MR) is 79.1 cm³/mol. The molecule has 3 aliphatic rings.